The molecule has 1 saturated heterocycles. The number of Topliss-reactive ketones (excluding diaryl/α,β-unsaturated/α-hetero) is 1. The molecule has 45 heavy (non-hydrogen) atoms. The van der Waals surface area contributed by atoms with Crippen molar-refractivity contribution in [1.82, 2.24) is 10.2 Å². The Bertz CT molecular complexity index is 1490. The van der Waals surface area contributed by atoms with E-state index in [0.717, 1.165) is 6.92 Å². The zero-order valence-electron chi connectivity index (χ0n) is 26.0. The number of hydrogen-bond donors (Lipinski definition) is 3. The van der Waals surface area contributed by atoms with Crippen LogP contribution >= 0.6 is 0 Å². The molecule has 1 fully saturated rings. The second-order valence-corrected chi connectivity index (χ2v) is 11.1. The summed E-state index contributed by atoms with van der Waals surface area (Å²) in [5, 5.41) is 6.03. The van der Waals surface area contributed by atoms with E-state index in [9.17, 15) is 28.8 Å². The number of benzene rings is 2. The number of hydrogen-bond acceptors (Lipinski definition) is 11. The Balaban J connectivity index is 2.30. The van der Waals surface area contributed by atoms with E-state index in [1.807, 2.05) is 0 Å². The van der Waals surface area contributed by atoms with E-state index >= 15 is 0 Å². The number of nitrogens with one attached hydrogen (secondary N) is 1. The summed E-state index contributed by atoms with van der Waals surface area (Å²) < 4.78 is 10.6. The Labute approximate surface area is 260 Å². The SMILES string of the molecule is CC(=O)[C@@](C(=O)OC(C)C)(N1C(=O)N[C@](C)(c2ccc(C=NN)cc2)C1=O)N(C(=O)[C@@H](N)CC(=O)OC(C)C)c1ccccc1. The van der Waals surface area contributed by atoms with Crippen LogP contribution in [0.2, 0.25) is 0 Å². The molecule has 3 atom stereocenters. The zero-order chi connectivity index (χ0) is 33.7. The molecule has 0 bridgehead atoms. The maximum absolute atomic E-state index is 14.4. The number of hydrazone groups is 1. The number of nitrogens with zero attached hydrogens (tertiary/aromatic N) is 3. The predicted molar refractivity (Wildman–Crippen MR) is 163 cm³/mol. The van der Waals surface area contributed by atoms with Gasteiger partial charge < -0.3 is 26.4 Å². The minimum absolute atomic E-state index is 0.0780. The van der Waals surface area contributed by atoms with Gasteiger partial charge in [-0.2, -0.15) is 5.10 Å². The summed E-state index contributed by atoms with van der Waals surface area (Å²) in [6, 6.07) is 10.8. The van der Waals surface area contributed by atoms with Crippen LogP contribution in [-0.2, 0) is 39.0 Å². The maximum atomic E-state index is 14.4. The van der Waals surface area contributed by atoms with Crippen LogP contribution in [0, 0.1) is 0 Å². The van der Waals surface area contributed by atoms with Gasteiger partial charge in [-0.3, -0.25) is 24.1 Å². The third kappa shape index (κ3) is 6.70. The first-order chi connectivity index (χ1) is 21.1. The smallest absolute Gasteiger partial charge is 0.362 e. The molecule has 5 N–H and O–H groups in total. The lowest BCUT2D eigenvalue weighted by Crippen LogP contribution is -2.75. The number of amides is 4. The van der Waals surface area contributed by atoms with Gasteiger partial charge in [0.05, 0.1) is 30.9 Å². The van der Waals surface area contributed by atoms with Gasteiger partial charge in [-0.05, 0) is 64.8 Å². The minimum atomic E-state index is -3.02. The zero-order valence-corrected chi connectivity index (χ0v) is 26.0. The quantitative estimate of drug-likeness (QED) is 0.0780. The molecule has 0 saturated carbocycles. The third-order valence-electron chi connectivity index (χ3n) is 6.97. The van der Waals surface area contributed by atoms with Crippen molar-refractivity contribution in [1.29, 1.82) is 0 Å². The first-order valence-corrected chi connectivity index (χ1v) is 14.2. The largest absolute Gasteiger partial charge is 0.463 e. The molecule has 0 radical (unpaired) electrons. The fourth-order valence-corrected chi connectivity index (χ4v) is 4.95. The lowest BCUT2D eigenvalue weighted by Gasteiger charge is -2.44. The molecule has 14 nitrogen and oxygen atoms in total. The van der Waals surface area contributed by atoms with E-state index in [1.165, 1.54) is 63.4 Å². The molecule has 0 aromatic heterocycles. The number of imide groups is 1. The van der Waals surface area contributed by atoms with Crippen LogP contribution in [0.15, 0.2) is 59.7 Å². The van der Waals surface area contributed by atoms with Crippen molar-refractivity contribution in [3.05, 3.63) is 65.7 Å². The number of ether oxygens (including phenoxy) is 2. The summed E-state index contributed by atoms with van der Waals surface area (Å²) in [7, 11) is 0. The number of esters is 2. The van der Waals surface area contributed by atoms with Gasteiger partial charge in [0, 0.05) is 5.69 Å². The van der Waals surface area contributed by atoms with Crippen LogP contribution in [-0.4, -0.2) is 70.6 Å². The van der Waals surface area contributed by atoms with Crippen molar-refractivity contribution in [3.63, 3.8) is 0 Å². The second kappa shape index (κ2) is 13.7. The Kier molecular flexibility index (Phi) is 10.5. The first-order valence-electron chi connectivity index (χ1n) is 14.2. The number of rotatable bonds is 12. The van der Waals surface area contributed by atoms with Crippen LogP contribution in [0.3, 0.4) is 0 Å². The highest BCUT2D eigenvalue weighted by Gasteiger charge is 2.67. The summed E-state index contributed by atoms with van der Waals surface area (Å²) in [6.45, 7) is 8.54. The fraction of sp³-hybridized carbons (Fsp3) is 0.387. The molecule has 0 spiro atoms. The summed E-state index contributed by atoms with van der Waals surface area (Å²) >= 11 is 0. The van der Waals surface area contributed by atoms with Crippen molar-refractivity contribution >= 4 is 47.5 Å². The number of carbonyl (C=O) groups excluding carboxylic acids is 6. The molecule has 1 aliphatic heterocycles. The number of para-hydroxylation sites is 1. The monoisotopic (exact) mass is 622 g/mol. The van der Waals surface area contributed by atoms with Crippen molar-refractivity contribution in [2.45, 2.75) is 77.4 Å². The van der Waals surface area contributed by atoms with E-state index in [2.05, 4.69) is 10.4 Å². The van der Waals surface area contributed by atoms with E-state index < -0.39 is 71.4 Å². The number of ketones is 1. The normalized spacial score (nSPS) is 18.5. The molecule has 0 aliphatic carbocycles. The first kappa shape index (κ1) is 34.4. The predicted octanol–water partition coefficient (Wildman–Crippen LogP) is 1.69. The van der Waals surface area contributed by atoms with Gasteiger partial charge in [-0.15, -0.1) is 0 Å². The molecular formula is C31H38N6O8. The highest BCUT2D eigenvalue weighted by Crippen LogP contribution is 2.39. The van der Waals surface area contributed by atoms with Crippen LogP contribution in [0.5, 0.6) is 0 Å². The van der Waals surface area contributed by atoms with Crippen molar-refractivity contribution in [2.75, 3.05) is 4.90 Å². The number of anilines is 1. The third-order valence-corrected chi connectivity index (χ3v) is 6.97. The summed E-state index contributed by atoms with van der Waals surface area (Å²) in [5.41, 5.74) is 2.19. The van der Waals surface area contributed by atoms with E-state index in [0.29, 0.717) is 15.4 Å². The van der Waals surface area contributed by atoms with Crippen molar-refractivity contribution in [2.24, 2.45) is 16.7 Å². The summed E-state index contributed by atoms with van der Waals surface area (Å²) in [5.74, 6) is -0.253. The molecule has 4 amide bonds. The molecule has 1 heterocycles. The number of carbonyl (C=O) groups is 6. The Morgan fingerprint density at radius 3 is 2.09 bits per heavy atom. The molecular weight excluding hydrogens is 584 g/mol. The van der Waals surface area contributed by atoms with Gasteiger partial charge in [-0.1, -0.05) is 42.5 Å². The molecule has 2 aromatic carbocycles. The summed E-state index contributed by atoms with van der Waals surface area (Å²) in [4.78, 5) is 84.2. The Morgan fingerprint density at radius 1 is 1.00 bits per heavy atom. The fourth-order valence-electron chi connectivity index (χ4n) is 4.95. The Morgan fingerprint density at radius 2 is 1.58 bits per heavy atom. The topological polar surface area (TPSA) is 204 Å². The van der Waals surface area contributed by atoms with Gasteiger partial charge >= 0.3 is 18.0 Å². The van der Waals surface area contributed by atoms with E-state index in [1.54, 1.807) is 32.0 Å². The van der Waals surface area contributed by atoms with Gasteiger partial charge in [0.1, 0.15) is 5.54 Å². The lowest BCUT2D eigenvalue weighted by atomic mass is 9.89. The van der Waals surface area contributed by atoms with Crippen LogP contribution < -0.4 is 21.8 Å². The Hall–Kier alpha value is -5.11. The van der Waals surface area contributed by atoms with Crippen LogP contribution in [0.25, 0.3) is 0 Å². The molecule has 1 aliphatic rings. The number of urea groups is 1. The van der Waals surface area contributed by atoms with Gasteiger partial charge in [-0.25, -0.2) is 14.5 Å². The average Bonchev–Trinajstić information content (AvgIpc) is 3.19. The molecule has 2 aromatic rings. The molecule has 3 rings (SSSR count). The average molecular weight is 623 g/mol. The van der Waals surface area contributed by atoms with E-state index in [-0.39, 0.29) is 11.3 Å². The molecule has 14 heteroatoms. The van der Waals surface area contributed by atoms with Gasteiger partial charge in [0.25, 0.3) is 11.6 Å². The van der Waals surface area contributed by atoms with Crippen molar-refractivity contribution in [3.8, 4) is 0 Å². The lowest BCUT2D eigenvalue weighted by molar-refractivity contribution is -0.169. The second-order valence-electron chi connectivity index (χ2n) is 11.1. The van der Waals surface area contributed by atoms with Crippen molar-refractivity contribution < 1.29 is 38.2 Å². The van der Waals surface area contributed by atoms with Crippen LogP contribution in [0.4, 0.5) is 10.5 Å². The van der Waals surface area contributed by atoms with Crippen LogP contribution in [0.1, 0.15) is 59.1 Å². The standard InChI is InChI=1S/C31H38N6O8/c1-18(2)44-25(39)16-24(32)26(40)36(23-10-8-7-9-11-23)31(20(5)38,28(42)45-19(3)4)37-27(41)30(6,35-29(37)43)22-14-12-21(13-15-22)17-34-33/h7-15,17-19,24H,16,32-33H2,1-6H3,(H,35,43)/t24-,30+,31-/m0/s1. The minimum Gasteiger partial charge on any atom is -0.463 e. The highest BCUT2D eigenvalue weighted by molar-refractivity contribution is 6.24. The maximum Gasteiger partial charge on any atom is 0.362 e. The molecule has 240 valence electrons. The van der Waals surface area contributed by atoms with E-state index in [4.69, 9.17) is 21.1 Å². The van der Waals surface area contributed by atoms with Gasteiger partial charge in [0.15, 0.2) is 5.78 Å². The molecule has 0 unspecified atom stereocenters. The highest BCUT2D eigenvalue weighted by atomic mass is 16.6. The number of nitrogens with two attached hydrogens (primary N) is 2. The van der Waals surface area contributed by atoms with Gasteiger partial charge in [0.2, 0.25) is 5.91 Å². The summed E-state index contributed by atoms with van der Waals surface area (Å²) in [6.07, 6.45) is -0.617.